The number of benzene rings is 2. The second-order valence-electron chi connectivity index (χ2n) is 6.06. The first-order chi connectivity index (χ1) is 12.1. The molecule has 134 valence electrons. The van der Waals surface area contributed by atoms with Gasteiger partial charge in [-0.25, -0.2) is 4.39 Å². The molecule has 0 heterocycles. The van der Waals surface area contributed by atoms with Crippen molar-refractivity contribution >= 4 is 11.6 Å². The van der Waals surface area contributed by atoms with E-state index in [4.69, 9.17) is 0 Å². The van der Waals surface area contributed by atoms with E-state index in [9.17, 15) is 14.3 Å². The second-order valence-corrected chi connectivity index (χ2v) is 6.06. The Morgan fingerprint density at radius 3 is 2.52 bits per heavy atom. The van der Waals surface area contributed by atoms with Crippen LogP contribution in [0.2, 0.25) is 0 Å². The summed E-state index contributed by atoms with van der Waals surface area (Å²) < 4.78 is 13.6. The van der Waals surface area contributed by atoms with Crippen molar-refractivity contribution in [3.05, 3.63) is 66.0 Å². The Morgan fingerprint density at radius 2 is 1.84 bits per heavy atom. The van der Waals surface area contributed by atoms with Gasteiger partial charge in [0.2, 0.25) is 5.91 Å². The number of aliphatic hydroxyl groups excluding tert-OH is 1. The van der Waals surface area contributed by atoms with Gasteiger partial charge in [0.1, 0.15) is 5.82 Å². The second kappa shape index (κ2) is 9.91. The molecular formula is C20H25FN2O2. The number of carbonyl (C=O) groups is 1. The van der Waals surface area contributed by atoms with Crippen LogP contribution in [0.25, 0.3) is 0 Å². The van der Waals surface area contributed by atoms with Gasteiger partial charge in [-0.2, -0.15) is 0 Å². The quantitative estimate of drug-likeness (QED) is 0.733. The number of anilines is 1. The molecule has 0 fully saturated rings. The lowest BCUT2D eigenvalue weighted by Gasteiger charge is -2.24. The Balaban J connectivity index is 1.91. The summed E-state index contributed by atoms with van der Waals surface area (Å²) in [5.74, 6) is -0.687. The average molecular weight is 344 g/mol. The molecule has 0 bridgehead atoms. The van der Waals surface area contributed by atoms with Gasteiger partial charge in [-0.05, 0) is 24.1 Å². The molecule has 4 nitrogen and oxygen atoms in total. The number of nitrogens with one attached hydrogen (secondary N) is 1. The van der Waals surface area contributed by atoms with Crippen LogP contribution in [-0.4, -0.2) is 35.1 Å². The third-order valence-corrected chi connectivity index (χ3v) is 3.99. The molecule has 2 aromatic rings. The first-order valence-corrected chi connectivity index (χ1v) is 8.57. The van der Waals surface area contributed by atoms with Crippen molar-refractivity contribution < 1.29 is 14.3 Å². The molecule has 2 aromatic carbocycles. The van der Waals surface area contributed by atoms with Crippen molar-refractivity contribution in [1.82, 2.24) is 4.90 Å². The van der Waals surface area contributed by atoms with Gasteiger partial charge < -0.3 is 10.4 Å². The number of para-hydroxylation sites is 1. The molecule has 1 unspecified atom stereocenters. The molecular weight excluding hydrogens is 319 g/mol. The predicted molar refractivity (Wildman–Crippen MR) is 97.7 cm³/mol. The van der Waals surface area contributed by atoms with Crippen molar-refractivity contribution in [3.63, 3.8) is 0 Å². The highest BCUT2D eigenvalue weighted by Gasteiger charge is 2.14. The van der Waals surface area contributed by atoms with Gasteiger partial charge in [-0.3, -0.25) is 9.69 Å². The third-order valence-electron chi connectivity index (χ3n) is 3.99. The highest BCUT2D eigenvalue weighted by atomic mass is 19.1. The van der Waals surface area contributed by atoms with Gasteiger partial charge in [0, 0.05) is 26.1 Å². The molecule has 1 amide bonds. The summed E-state index contributed by atoms with van der Waals surface area (Å²) in [6.45, 7) is 3.58. The summed E-state index contributed by atoms with van der Waals surface area (Å²) >= 11 is 0. The molecule has 0 aliphatic heterocycles. The van der Waals surface area contributed by atoms with E-state index in [-0.39, 0.29) is 18.0 Å². The Morgan fingerprint density at radius 1 is 1.16 bits per heavy atom. The summed E-state index contributed by atoms with van der Waals surface area (Å²) in [6.07, 6.45) is 0.461. The molecule has 0 spiro atoms. The summed E-state index contributed by atoms with van der Waals surface area (Å²) in [7, 11) is 0. The molecule has 0 radical (unpaired) electrons. The van der Waals surface area contributed by atoms with Gasteiger partial charge in [-0.15, -0.1) is 0 Å². The highest BCUT2D eigenvalue weighted by molar-refractivity contribution is 5.90. The highest BCUT2D eigenvalue weighted by Crippen LogP contribution is 2.13. The maximum atomic E-state index is 13.6. The van der Waals surface area contributed by atoms with E-state index < -0.39 is 11.9 Å². The van der Waals surface area contributed by atoms with Crippen LogP contribution in [-0.2, 0) is 11.3 Å². The number of rotatable bonds is 9. The molecule has 0 saturated heterocycles. The van der Waals surface area contributed by atoms with E-state index in [0.29, 0.717) is 26.1 Å². The fraction of sp³-hybridized carbons (Fsp3) is 0.350. The zero-order valence-corrected chi connectivity index (χ0v) is 14.5. The smallest absolute Gasteiger partial charge is 0.225 e. The predicted octanol–water partition coefficient (Wildman–Crippen LogP) is 3.43. The van der Waals surface area contributed by atoms with E-state index in [2.05, 4.69) is 5.32 Å². The van der Waals surface area contributed by atoms with Gasteiger partial charge in [-0.1, -0.05) is 49.4 Å². The monoisotopic (exact) mass is 344 g/mol. The van der Waals surface area contributed by atoms with Crippen molar-refractivity contribution in [2.24, 2.45) is 0 Å². The number of hydrogen-bond donors (Lipinski definition) is 2. The van der Waals surface area contributed by atoms with Crippen molar-refractivity contribution in [2.75, 3.05) is 18.4 Å². The lowest BCUT2D eigenvalue weighted by Crippen LogP contribution is -2.34. The minimum Gasteiger partial charge on any atom is -0.392 e. The summed E-state index contributed by atoms with van der Waals surface area (Å²) in [5.41, 5.74) is 1.32. The maximum absolute atomic E-state index is 13.6. The molecule has 0 aliphatic rings. The van der Waals surface area contributed by atoms with E-state index in [0.717, 1.165) is 5.56 Å². The summed E-state index contributed by atoms with van der Waals surface area (Å²) in [6, 6.07) is 16.0. The summed E-state index contributed by atoms with van der Waals surface area (Å²) in [5, 5.41) is 12.5. The molecule has 2 N–H and O–H groups in total. The zero-order chi connectivity index (χ0) is 18.1. The minimum absolute atomic E-state index is 0.190. The number of amides is 1. The van der Waals surface area contributed by atoms with Crippen LogP contribution in [0.15, 0.2) is 54.6 Å². The number of halogens is 1. The average Bonchev–Trinajstić information content (AvgIpc) is 2.62. The fourth-order valence-corrected chi connectivity index (χ4v) is 2.54. The Kier molecular flexibility index (Phi) is 7.57. The van der Waals surface area contributed by atoms with Crippen molar-refractivity contribution in [2.45, 2.75) is 32.4 Å². The number of hydrogen-bond acceptors (Lipinski definition) is 3. The molecule has 2 rings (SSSR count). The van der Waals surface area contributed by atoms with E-state index in [1.54, 1.807) is 12.1 Å². The SMILES string of the molecule is CCC(O)CN(CCC(=O)Nc1ccccc1F)Cc1ccccc1. The van der Waals surface area contributed by atoms with E-state index >= 15 is 0 Å². The normalized spacial score (nSPS) is 12.2. The fourth-order valence-electron chi connectivity index (χ4n) is 2.54. The molecule has 25 heavy (non-hydrogen) atoms. The zero-order valence-electron chi connectivity index (χ0n) is 14.5. The molecule has 0 aliphatic carbocycles. The van der Waals surface area contributed by atoms with E-state index in [1.165, 1.54) is 12.1 Å². The van der Waals surface area contributed by atoms with Crippen LogP contribution >= 0.6 is 0 Å². The topological polar surface area (TPSA) is 52.6 Å². The standard InChI is InChI=1S/C20H25FN2O2/c1-2-17(24)15-23(14-16-8-4-3-5-9-16)13-12-20(25)22-19-11-7-6-10-18(19)21/h3-11,17,24H,2,12-15H2,1H3,(H,22,25). The maximum Gasteiger partial charge on any atom is 0.225 e. The molecule has 5 heteroatoms. The van der Waals surface area contributed by atoms with Crippen LogP contribution in [0.4, 0.5) is 10.1 Å². The Bertz CT molecular complexity index is 664. The Hall–Kier alpha value is -2.24. The van der Waals surface area contributed by atoms with Gasteiger partial charge in [0.15, 0.2) is 0 Å². The van der Waals surface area contributed by atoms with Gasteiger partial charge in [0.05, 0.1) is 11.8 Å². The number of aliphatic hydroxyl groups is 1. The van der Waals surface area contributed by atoms with Gasteiger partial charge >= 0.3 is 0 Å². The van der Waals surface area contributed by atoms with E-state index in [1.807, 2.05) is 42.2 Å². The third kappa shape index (κ3) is 6.64. The summed E-state index contributed by atoms with van der Waals surface area (Å²) in [4.78, 5) is 14.2. The lowest BCUT2D eigenvalue weighted by molar-refractivity contribution is -0.116. The van der Waals surface area contributed by atoms with Gasteiger partial charge in [0.25, 0.3) is 0 Å². The number of carbonyl (C=O) groups excluding carboxylic acids is 1. The largest absolute Gasteiger partial charge is 0.392 e. The lowest BCUT2D eigenvalue weighted by atomic mass is 10.2. The van der Waals surface area contributed by atoms with Crippen LogP contribution in [0.1, 0.15) is 25.3 Å². The first kappa shape index (κ1) is 19.1. The molecule has 1 atom stereocenters. The molecule has 0 saturated carbocycles. The van der Waals surface area contributed by atoms with Crippen LogP contribution in [0, 0.1) is 5.82 Å². The van der Waals surface area contributed by atoms with Crippen molar-refractivity contribution in [3.8, 4) is 0 Å². The minimum atomic E-state index is -0.446. The molecule has 0 aromatic heterocycles. The van der Waals surface area contributed by atoms with Crippen LogP contribution < -0.4 is 5.32 Å². The van der Waals surface area contributed by atoms with Crippen molar-refractivity contribution in [1.29, 1.82) is 0 Å². The van der Waals surface area contributed by atoms with Crippen LogP contribution in [0.5, 0.6) is 0 Å². The number of nitrogens with zero attached hydrogens (tertiary/aromatic N) is 1. The first-order valence-electron chi connectivity index (χ1n) is 8.57. The Labute approximate surface area is 148 Å². The van der Waals surface area contributed by atoms with Crippen LogP contribution in [0.3, 0.4) is 0 Å².